The van der Waals surface area contributed by atoms with E-state index in [1.165, 1.54) is 40.7 Å². The maximum Gasteiger partial charge on any atom is 0.338 e. The first-order valence-electron chi connectivity index (χ1n) is 10.4. The minimum absolute atomic E-state index is 0.00784. The molecule has 0 amide bonds. The van der Waals surface area contributed by atoms with E-state index < -0.39 is 22.1 Å². The Bertz CT molecular complexity index is 1240. The summed E-state index contributed by atoms with van der Waals surface area (Å²) in [6.07, 6.45) is -0.779. The predicted molar refractivity (Wildman–Crippen MR) is 117 cm³/mol. The fourth-order valence-electron chi connectivity index (χ4n) is 3.53. The number of piperazine rings is 1. The summed E-state index contributed by atoms with van der Waals surface area (Å²) in [6.45, 7) is 4.68. The molecule has 0 saturated carbocycles. The Morgan fingerprint density at radius 3 is 2.42 bits per heavy atom. The summed E-state index contributed by atoms with van der Waals surface area (Å²) in [5.74, 6) is -0.513. The number of carbonyl (C=O) groups is 1. The summed E-state index contributed by atoms with van der Waals surface area (Å²) in [5.41, 5.74) is 0.938. The van der Waals surface area contributed by atoms with Gasteiger partial charge in [0.15, 0.2) is 6.10 Å². The largest absolute Gasteiger partial charge is 0.449 e. The molecule has 11 heteroatoms. The maximum absolute atomic E-state index is 13.2. The molecule has 1 aliphatic rings. The van der Waals surface area contributed by atoms with Gasteiger partial charge in [0.25, 0.3) is 5.89 Å². The van der Waals surface area contributed by atoms with Gasteiger partial charge in [0, 0.05) is 38.8 Å². The Kier molecular flexibility index (Phi) is 6.43. The molecule has 4 rings (SSSR count). The van der Waals surface area contributed by atoms with Gasteiger partial charge in [-0.05, 0) is 49.4 Å². The van der Waals surface area contributed by atoms with Crippen molar-refractivity contribution in [1.82, 2.24) is 14.5 Å². The Morgan fingerprint density at radius 2 is 1.79 bits per heavy atom. The van der Waals surface area contributed by atoms with Crippen LogP contribution in [0.2, 0.25) is 0 Å². The van der Waals surface area contributed by atoms with Crippen LogP contribution in [0.4, 0.5) is 10.1 Å². The molecule has 0 aliphatic carbocycles. The first kappa shape index (κ1) is 22.9. The number of benzene rings is 2. The maximum atomic E-state index is 13.2. The SMILES string of the molecule is Cc1nnc(C(C)OC(=O)c2cccc(S(=O)(=O)N3CCN(c4ccc(F)cc4)CC3)c2)o1. The lowest BCUT2D eigenvalue weighted by molar-refractivity contribution is 0.0276. The van der Waals surface area contributed by atoms with Crippen LogP contribution in [0.5, 0.6) is 0 Å². The Labute approximate surface area is 190 Å². The van der Waals surface area contributed by atoms with Gasteiger partial charge >= 0.3 is 5.97 Å². The number of ether oxygens (including phenoxy) is 1. The van der Waals surface area contributed by atoms with Crippen LogP contribution in [-0.4, -0.2) is 55.1 Å². The quantitative estimate of drug-likeness (QED) is 0.502. The molecule has 1 saturated heterocycles. The van der Waals surface area contributed by atoms with E-state index >= 15 is 0 Å². The number of hydrogen-bond donors (Lipinski definition) is 0. The number of halogens is 1. The monoisotopic (exact) mass is 474 g/mol. The van der Waals surface area contributed by atoms with E-state index in [2.05, 4.69) is 10.2 Å². The minimum Gasteiger partial charge on any atom is -0.449 e. The number of rotatable bonds is 6. The molecule has 0 spiro atoms. The van der Waals surface area contributed by atoms with E-state index in [4.69, 9.17) is 9.15 Å². The molecule has 1 fully saturated rings. The van der Waals surface area contributed by atoms with Gasteiger partial charge in [-0.15, -0.1) is 10.2 Å². The normalized spacial score (nSPS) is 15.9. The second-order valence-electron chi connectivity index (χ2n) is 7.60. The van der Waals surface area contributed by atoms with Crippen molar-refractivity contribution in [3.8, 4) is 0 Å². The van der Waals surface area contributed by atoms with Crippen LogP contribution in [0, 0.1) is 12.7 Å². The third-order valence-corrected chi connectivity index (χ3v) is 7.21. The van der Waals surface area contributed by atoms with Crippen molar-refractivity contribution in [1.29, 1.82) is 0 Å². The summed E-state index contributed by atoms with van der Waals surface area (Å²) in [7, 11) is -3.81. The first-order valence-corrected chi connectivity index (χ1v) is 11.8. The molecule has 9 nitrogen and oxygen atoms in total. The molecular formula is C22H23FN4O5S. The Morgan fingerprint density at radius 1 is 1.09 bits per heavy atom. The number of sulfonamides is 1. The lowest BCUT2D eigenvalue weighted by atomic mass is 10.2. The standard InChI is InChI=1S/C22H23FN4O5S/c1-15(21-25-24-16(2)32-21)31-22(28)17-4-3-5-20(14-17)33(29,30)27-12-10-26(11-13-27)19-8-6-18(23)7-9-19/h3-9,14-15H,10-13H2,1-2H3. The molecule has 0 radical (unpaired) electrons. The van der Waals surface area contributed by atoms with E-state index in [0.717, 1.165) is 5.69 Å². The van der Waals surface area contributed by atoms with Crippen molar-refractivity contribution >= 4 is 21.7 Å². The van der Waals surface area contributed by atoms with E-state index in [-0.39, 0.29) is 35.3 Å². The molecule has 2 aromatic carbocycles. The van der Waals surface area contributed by atoms with Crippen LogP contribution in [0.1, 0.15) is 35.2 Å². The number of hydrogen-bond acceptors (Lipinski definition) is 8. The highest BCUT2D eigenvalue weighted by atomic mass is 32.2. The molecule has 1 aromatic heterocycles. The minimum atomic E-state index is -3.81. The summed E-state index contributed by atoms with van der Waals surface area (Å²) < 4.78 is 51.5. The van der Waals surface area contributed by atoms with Crippen LogP contribution < -0.4 is 4.90 Å². The number of nitrogens with zero attached hydrogens (tertiary/aromatic N) is 4. The van der Waals surface area contributed by atoms with Crippen molar-refractivity contribution in [2.24, 2.45) is 0 Å². The van der Waals surface area contributed by atoms with Gasteiger partial charge in [0.1, 0.15) is 5.82 Å². The highest BCUT2D eigenvalue weighted by Gasteiger charge is 2.29. The van der Waals surface area contributed by atoms with E-state index in [0.29, 0.717) is 19.0 Å². The average molecular weight is 475 g/mol. The molecule has 174 valence electrons. The second kappa shape index (κ2) is 9.28. The van der Waals surface area contributed by atoms with Crippen molar-refractivity contribution in [3.05, 3.63) is 71.7 Å². The van der Waals surface area contributed by atoms with Crippen molar-refractivity contribution in [2.45, 2.75) is 24.8 Å². The van der Waals surface area contributed by atoms with Crippen molar-refractivity contribution in [2.75, 3.05) is 31.1 Å². The van der Waals surface area contributed by atoms with Gasteiger partial charge < -0.3 is 14.1 Å². The van der Waals surface area contributed by atoms with Crippen molar-refractivity contribution in [3.63, 3.8) is 0 Å². The number of aryl methyl sites for hydroxylation is 1. The van der Waals surface area contributed by atoms with Gasteiger partial charge in [-0.3, -0.25) is 0 Å². The van der Waals surface area contributed by atoms with Crippen LogP contribution >= 0.6 is 0 Å². The van der Waals surface area contributed by atoms with Crippen LogP contribution in [0.15, 0.2) is 57.8 Å². The number of anilines is 1. The first-order chi connectivity index (χ1) is 15.7. The zero-order valence-electron chi connectivity index (χ0n) is 18.1. The summed E-state index contributed by atoms with van der Waals surface area (Å²) in [5, 5.41) is 7.53. The molecule has 0 bridgehead atoms. The third kappa shape index (κ3) is 5.04. The smallest absolute Gasteiger partial charge is 0.338 e. The van der Waals surface area contributed by atoms with Crippen molar-refractivity contribution < 1.29 is 26.8 Å². The number of carbonyl (C=O) groups excluding carboxylic acids is 1. The van der Waals surface area contributed by atoms with Crippen LogP contribution in [0.3, 0.4) is 0 Å². The second-order valence-corrected chi connectivity index (χ2v) is 9.54. The Balaban J connectivity index is 1.43. The summed E-state index contributed by atoms with van der Waals surface area (Å²) >= 11 is 0. The molecule has 0 N–H and O–H groups in total. The zero-order chi connectivity index (χ0) is 23.6. The highest BCUT2D eigenvalue weighted by molar-refractivity contribution is 7.89. The topological polar surface area (TPSA) is 106 Å². The lowest BCUT2D eigenvalue weighted by Gasteiger charge is -2.35. The molecule has 2 heterocycles. The van der Waals surface area contributed by atoms with Gasteiger partial charge in [0.05, 0.1) is 10.5 Å². The fourth-order valence-corrected chi connectivity index (χ4v) is 4.99. The van der Waals surface area contributed by atoms with Gasteiger partial charge in [-0.2, -0.15) is 4.31 Å². The van der Waals surface area contributed by atoms with Crippen LogP contribution in [-0.2, 0) is 14.8 Å². The van der Waals surface area contributed by atoms with E-state index in [9.17, 15) is 17.6 Å². The number of aromatic nitrogens is 2. The molecule has 1 atom stereocenters. The van der Waals surface area contributed by atoms with Gasteiger partial charge in [-0.1, -0.05) is 6.07 Å². The zero-order valence-corrected chi connectivity index (χ0v) is 19.0. The highest BCUT2D eigenvalue weighted by Crippen LogP contribution is 2.23. The lowest BCUT2D eigenvalue weighted by Crippen LogP contribution is -2.48. The van der Waals surface area contributed by atoms with E-state index in [1.54, 1.807) is 26.0 Å². The fraction of sp³-hybridized carbons (Fsp3) is 0.318. The van der Waals surface area contributed by atoms with E-state index in [1.807, 2.05) is 4.90 Å². The number of esters is 1. The third-order valence-electron chi connectivity index (χ3n) is 5.31. The molecule has 1 aliphatic heterocycles. The molecule has 33 heavy (non-hydrogen) atoms. The Hall–Kier alpha value is -3.31. The molecule has 1 unspecified atom stereocenters. The molecule has 3 aromatic rings. The average Bonchev–Trinajstić information content (AvgIpc) is 3.26. The van der Waals surface area contributed by atoms with Gasteiger partial charge in [-0.25, -0.2) is 17.6 Å². The predicted octanol–water partition coefficient (Wildman–Crippen LogP) is 2.95. The van der Waals surface area contributed by atoms with Gasteiger partial charge in [0.2, 0.25) is 15.9 Å². The summed E-state index contributed by atoms with van der Waals surface area (Å²) in [4.78, 5) is 14.6. The van der Waals surface area contributed by atoms with Crippen LogP contribution in [0.25, 0.3) is 0 Å². The summed E-state index contributed by atoms with van der Waals surface area (Å²) in [6, 6.07) is 11.8. The molecular weight excluding hydrogens is 451 g/mol.